The molecule has 1 unspecified atom stereocenters. The normalized spacial score (nSPS) is 20.0. The van der Waals surface area contributed by atoms with Crippen molar-refractivity contribution >= 4 is 21.6 Å². The van der Waals surface area contributed by atoms with Gasteiger partial charge in [0.1, 0.15) is 6.04 Å². The van der Waals surface area contributed by atoms with E-state index in [1.54, 1.807) is 6.92 Å². The molecule has 1 heterocycles. The molecule has 0 saturated carbocycles. The van der Waals surface area contributed by atoms with Gasteiger partial charge in [0.15, 0.2) is 0 Å². The molecule has 8 nitrogen and oxygen atoms in total. The monoisotopic (exact) mass is 313 g/mol. The average molecular weight is 313 g/mol. The predicted molar refractivity (Wildman–Crippen MR) is 74.1 cm³/mol. The van der Waals surface area contributed by atoms with Gasteiger partial charge in [-0.15, -0.1) is 0 Å². The number of benzene rings is 1. The van der Waals surface area contributed by atoms with Crippen molar-refractivity contribution in [1.29, 1.82) is 0 Å². The maximum Gasteiger partial charge on any atom is 0.270 e. The lowest BCUT2D eigenvalue weighted by Gasteiger charge is -2.33. The van der Waals surface area contributed by atoms with E-state index in [9.17, 15) is 23.3 Å². The number of hydrogen-bond acceptors (Lipinski definition) is 5. The highest BCUT2D eigenvalue weighted by molar-refractivity contribution is 7.89. The van der Waals surface area contributed by atoms with E-state index in [2.05, 4.69) is 5.32 Å². The number of nitrogens with zero attached hydrogens (tertiary/aromatic N) is 2. The molecule has 0 bridgehead atoms. The summed E-state index contributed by atoms with van der Waals surface area (Å²) in [5.41, 5.74) is -0.300. The maximum absolute atomic E-state index is 12.6. The highest BCUT2D eigenvalue weighted by atomic mass is 32.2. The minimum atomic E-state index is -3.94. The molecule has 0 spiro atoms. The molecule has 1 aromatic rings. The molecule has 0 radical (unpaired) electrons. The van der Waals surface area contributed by atoms with Crippen LogP contribution in [0.1, 0.15) is 13.3 Å². The molecule has 0 aromatic heterocycles. The van der Waals surface area contributed by atoms with Gasteiger partial charge in [-0.2, -0.15) is 4.31 Å². The Morgan fingerprint density at radius 1 is 1.48 bits per heavy atom. The standard InChI is InChI=1S/C12H15N3O5S/c1-2-11-12(16)13-6-7-14(11)21(19,20)10-5-3-4-9(8-10)15(17)18/h3-5,8,11H,2,6-7H2,1H3,(H,13,16). The molecule has 1 aromatic carbocycles. The van der Waals surface area contributed by atoms with Gasteiger partial charge in [-0.05, 0) is 12.5 Å². The van der Waals surface area contributed by atoms with Crippen LogP contribution in [-0.2, 0) is 14.8 Å². The number of nitro benzene ring substituents is 1. The van der Waals surface area contributed by atoms with E-state index in [1.165, 1.54) is 18.2 Å². The Balaban J connectivity index is 2.43. The summed E-state index contributed by atoms with van der Waals surface area (Å²) in [6, 6.07) is 4.05. The zero-order chi connectivity index (χ0) is 15.6. The van der Waals surface area contributed by atoms with Crippen molar-refractivity contribution in [3.8, 4) is 0 Å². The summed E-state index contributed by atoms with van der Waals surface area (Å²) in [6.07, 6.45) is 0.333. The van der Waals surface area contributed by atoms with E-state index in [0.29, 0.717) is 6.42 Å². The molecule has 0 aliphatic carbocycles. The molecular weight excluding hydrogens is 298 g/mol. The third-order valence-corrected chi connectivity index (χ3v) is 5.21. The van der Waals surface area contributed by atoms with Crippen LogP contribution in [0, 0.1) is 10.1 Å². The molecule has 1 N–H and O–H groups in total. The summed E-state index contributed by atoms with van der Waals surface area (Å²) < 4.78 is 26.3. The number of carbonyl (C=O) groups excluding carboxylic acids is 1. The maximum atomic E-state index is 12.6. The summed E-state index contributed by atoms with van der Waals surface area (Å²) in [6.45, 7) is 2.09. The van der Waals surface area contributed by atoms with Crippen molar-refractivity contribution in [2.45, 2.75) is 24.3 Å². The Morgan fingerprint density at radius 2 is 2.19 bits per heavy atom. The molecule has 9 heteroatoms. The van der Waals surface area contributed by atoms with Crippen LogP contribution in [0.2, 0.25) is 0 Å². The molecule has 1 saturated heterocycles. The van der Waals surface area contributed by atoms with E-state index in [0.717, 1.165) is 10.4 Å². The molecule has 1 aliphatic heterocycles. The van der Waals surface area contributed by atoms with Gasteiger partial charge in [0.25, 0.3) is 5.69 Å². The molecule has 1 atom stereocenters. The van der Waals surface area contributed by atoms with Gasteiger partial charge < -0.3 is 5.32 Å². The second-order valence-electron chi connectivity index (χ2n) is 4.59. The highest BCUT2D eigenvalue weighted by Crippen LogP contribution is 2.24. The van der Waals surface area contributed by atoms with Crippen LogP contribution in [0.4, 0.5) is 5.69 Å². The first-order valence-corrected chi connectivity index (χ1v) is 7.86. The van der Waals surface area contributed by atoms with E-state index in [-0.39, 0.29) is 29.6 Å². The second-order valence-corrected chi connectivity index (χ2v) is 6.48. The number of piperazine rings is 1. The van der Waals surface area contributed by atoms with Crippen LogP contribution in [-0.4, -0.2) is 42.7 Å². The van der Waals surface area contributed by atoms with Crippen LogP contribution in [0.5, 0.6) is 0 Å². The Morgan fingerprint density at radius 3 is 2.81 bits per heavy atom. The average Bonchev–Trinajstić information content (AvgIpc) is 2.47. The number of rotatable bonds is 4. The quantitative estimate of drug-likeness (QED) is 0.642. The number of non-ortho nitro benzene ring substituents is 1. The topological polar surface area (TPSA) is 110 Å². The lowest BCUT2D eigenvalue weighted by Crippen LogP contribution is -2.56. The van der Waals surface area contributed by atoms with E-state index >= 15 is 0 Å². The number of hydrogen-bond donors (Lipinski definition) is 1. The van der Waals surface area contributed by atoms with Gasteiger partial charge in [-0.1, -0.05) is 13.0 Å². The third-order valence-electron chi connectivity index (χ3n) is 3.30. The minimum Gasteiger partial charge on any atom is -0.353 e. The lowest BCUT2D eigenvalue weighted by molar-refractivity contribution is -0.385. The number of sulfonamides is 1. The fraction of sp³-hybridized carbons (Fsp3) is 0.417. The molecule has 21 heavy (non-hydrogen) atoms. The number of nitrogens with one attached hydrogen (secondary N) is 1. The molecule has 2 rings (SSSR count). The van der Waals surface area contributed by atoms with Gasteiger partial charge in [0.2, 0.25) is 15.9 Å². The summed E-state index contributed by atoms with van der Waals surface area (Å²) in [4.78, 5) is 21.7. The Labute approximate surface area is 122 Å². The van der Waals surface area contributed by atoms with Gasteiger partial charge in [0.05, 0.1) is 9.82 Å². The van der Waals surface area contributed by atoms with Crippen LogP contribution >= 0.6 is 0 Å². The first-order valence-electron chi connectivity index (χ1n) is 6.42. The number of amides is 1. The zero-order valence-electron chi connectivity index (χ0n) is 11.4. The molecule has 1 aliphatic rings. The Kier molecular flexibility index (Phi) is 4.24. The largest absolute Gasteiger partial charge is 0.353 e. The van der Waals surface area contributed by atoms with Crippen molar-refractivity contribution in [3.05, 3.63) is 34.4 Å². The summed E-state index contributed by atoms with van der Waals surface area (Å²) in [5.74, 6) is -0.349. The van der Waals surface area contributed by atoms with Crippen molar-refractivity contribution < 1.29 is 18.1 Å². The Hall–Kier alpha value is -2.00. The summed E-state index contributed by atoms with van der Waals surface area (Å²) in [7, 11) is -3.94. The first kappa shape index (κ1) is 15.4. The van der Waals surface area contributed by atoms with Crippen molar-refractivity contribution in [2.24, 2.45) is 0 Å². The van der Waals surface area contributed by atoms with Crippen molar-refractivity contribution in [1.82, 2.24) is 9.62 Å². The van der Waals surface area contributed by atoms with Crippen LogP contribution in [0.15, 0.2) is 29.2 Å². The van der Waals surface area contributed by atoms with Gasteiger partial charge >= 0.3 is 0 Å². The van der Waals surface area contributed by atoms with Crippen LogP contribution in [0.25, 0.3) is 0 Å². The Bertz CT molecular complexity index is 673. The molecule has 1 fully saturated rings. The fourth-order valence-electron chi connectivity index (χ4n) is 2.26. The first-order chi connectivity index (χ1) is 9.87. The molecule has 114 valence electrons. The summed E-state index contributed by atoms with van der Waals surface area (Å²) in [5, 5.41) is 13.4. The van der Waals surface area contributed by atoms with Gasteiger partial charge in [-0.25, -0.2) is 8.42 Å². The fourth-order valence-corrected chi connectivity index (χ4v) is 3.97. The van der Waals surface area contributed by atoms with E-state index in [1.807, 2.05) is 0 Å². The van der Waals surface area contributed by atoms with Crippen LogP contribution < -0.4 is 5.32 Å². The molecular formula is C12H15N3O5S. The minimum absolute atomic E-state index is 0.148. The smallest absolute Gasteiger partial charge is 0.270 e. The predicted octanol–water partition coefficient (Wildman–Crippen LogP) is 0.494. The lowest BCUT2D eigenvalue weighted by atomic mass is 10.2. The summed E-state index contributed by atoms with van der Waals surface area (Å²) >= 11 is 0. The second kappa shape index (κ2) is 5.78. The number of carbonyl (C=O) groups is 1. The molecule has 1 amide bonds. The van der Waals surface area contributed by atoms with Crippen LogP contribution in [0.3, 0.4) is 0 Å². The van der Waals surface area contributed by atoms with Gasteiger partial charge in [-0.3, -0.25) is 14.9 Å². The zero-order valence-corrected chi connectivity index (χ0v) is 12.2. The SMILES string of the molecule is CCC1C(=O)NCCN1S(=O)(=O)c1cccc([N+](=O)[O-])c1. The third kappa shape index (κ3) is 2.88. The van der Waals surface area contributed by atoms with Crippen molar-refractivity contribution in [3.63, 3.8) is 0 Å². The van der Waals surface area contributed by atoms with E-state index < -0.39 is 21.0 Å². The number of nitro groups is 1. The highest BCUT2D eigenvalue weighted by Gasteiger charge is 2.37. The van der Waals surface area contributed by atoms with Crippen molar-refractivity contribution in [2.75, 3.05) is 13.1 Å². The van der Waals surface area contributed by atoms with E-state index in [4.69, 9.17) is 0 Å². The van der Waals surface area contributed by atoms with Gasteiger partial charge in [0, 0.05) is 25.2 Å².